The predicted octanol–water partition coefficient (Wildman–Crippen LogP) is 3.18. The van der Waals surface area contributed by atoms with E-state index < -0.39 is 5.82 Å². The van der Waals surface area contributed by atoms with Crippen molar-refractivity contribution in [3.05, 3.63) is 58.3 Å². The smallest absolute Gasteiger partial charge is 0.262 e. The summed E-state index contributed by atoms with van der Waals surface area (Å²) >= 11 is 0. The number of aryl methyl sites for hydroxylation is 2. The van der Waals surface area contributed by atoms with Gasteiger partial charge >= 0.3 is 0 Å². The molecule has 0 unspecified atom stereocenters. The summed E-state index contributed by atoms with van der Waals surface area (Å²) in [5.74, 6) is -0.0443. The van der Waals surface area contributed by atoms with Gasteiger partial charge in [-0.2, -0.15) is 0 Å². The lowest BCUT2D eigenvalue weighted by Gasteiger charge is -2.29. The van der Waals surface area contributed by atoms with Crippen LogP contribution < -0.4 is 10.9 Å². The van der Waals surface area contributed by atoms with Crippen molar-refractivity contribution in [2.45, 2.75) is 45.7 Å². The predicted molar refractivity (Wildman–Crippen MR) is 113 cm³/mol. The van der Waals surface area contributed by atoms with Crippen LogP contribution in [0.4, 0.5) is 4.39 Å². The van der Waals surface area contributed by atoms with Crippen LogP contribution in [0.25, 0.3) is 27.9 Å². The molecule has 5 rings (SSSR count). The van der Waals surface area contributed by atoms with E-state index in [1.54, 1.807) is 23.7 Å². The van der Waals surface area contributed by atoms with Gasteiger partial charge < -0.3 is 14.3 Å². The summed E-state index contributed by atoms with van der Waals surface area (Å²) in [6, 6.07) is 3.79. The number of hydrogen-bond acceptors (Lipinski definition) is 5. The molecule has 8 heteroatoms. The van der Waals surface area contributed by atoms with Crippen LogP contribution in [0.1, 0.15) is 37.2 Å². The molecule has 1 fully saturated rings. The van der Waals surface area contributed by atoms with Crippen molar-refractivity contribution < 1.29 is 4.39 Å². The first-order valence-corrected chi connectivity index (χ1v) is 10.2. The fraction of sp³-hybridized carbons (Fsp3) is 0.364. The molecule has 0 spiro atoms. The Morgan fingerprint density at radius 3 is 2.83 bits per heavy atom. The first-order chi connectivity index (χ1) is 14.4. The van der Waals surface area contributed by atoms with Gasteiger partial charge in [0.15, 0.2) is 17.3 Å². The van der Waals surface area contributed by atoms with E-state index >= 15 is 0 Å². The van der Waals surface area contributed by atoms with Crippen molar-refractivity contribution >= 4 is 16.6 Å². The molecule has 0 aliphatic carbocycles. The third-order valence-corrected chi connectivity index (χ3v) is 5.83. The standard InChI is InChI=1S/C22H23FN6O/c1-12-8-16(4-6-24-12)29-7-5-18-19(22(29)30)14(3)26-20(27-18)15-9-17(23)21-25-13(2)10-28(21)11-15/h5,7,9-12,16,24H,4,6,8H2,1-3H3/t12-,16-/m0/s1. The lowest BCUT2D eigenvalue weighted by molar-refractivity contribution is 0.309. The monoisotopic (exact) mass is 406 g/mol. The molecule has 4 aromatic heterocycles. The van der Waals surface area contributed by atoms with Gasteiger partial charge in [0.1, 0.15) is 0 Å². The summed E-state index contributed by atoms with van der Waals surface area (Å²) in [6.07, 6.45) is 7.17. The number of nitrogens with zero attached hydrogens (tertiary/aromatic N) is 5. The second-order valence-corrected chi connectivity index (χ2v) is 8.14. The summed E-state index contributed by atoms with van der Waals surface area (Å²) in [5.41, 5.74) is 2.64. The molecule has 1 aliphatic rings. The van der Waals surface area contributed by atoms with Gasteiger partial charge in [-0.25, -0.2) is 19.3 Å². The van der Waals surface area contributed by atoms with E-state index in [9.17, 15) is 9.18 Å². The average Bonchev–Trinajstić information content (AvgIpc) is 3.08. The summed E-state index contributed by atoms with van der Waals surface area (Å²) < 4.78 is 18.0. The maximum absolute atomic E-state index is 14.5. The molecule has 2 atom stereocenters. The highest BCUT2D eigenvalue weighted by Crippen LogP contribution is 2.24. The normalized spacial score (nSPS) is 19.6. The number of pyridine rings is 2. The van der Waals surface area contributed by atoms with Crippen LogP contribution in [0, 0.1) is 19.7 Å². The van der Waals surface area contributed by atoms with Crippen molar-refractivity contribution in [1.82, 2.24) is 29.2 Å². The topological polar surface area (TPSA) is 77.1 Å². The Bertz CT molecular complexity index is 1340. The van der Waals surface area contributed by atoms with Gasteiger partial charge in [0.2, 0.25) is 0 Å². The second kappa shape index (κ2) is 6.98. The first kappa shape index (κ1) is 18.9. The molecule has 30 heavy (non-hydrogen) atoms. The zero-order chi connectivity index (χ0) is 21.0. The third-order valence-electron chi connectivity index (χ3n) is 5.83. The van der Waals surface area contributed by atoms with Crippen molar-refractivity contribution in [3.8, 4) is 11.4 Å². The van der Waals surface area contributed by atoms with Crippen LogP contribution in [0.3, 0.4) is 0 Å². The Labute approximate surface area is 172 Å². The molecule has 4 aromatic rings. The van der Waals surface area contributed by atoms with Crippen molar-refractivity contribution in [2.75, 3.05) is 6.54 Å². The number of fused-ring (bicyclic) bond motifs is 2. The summed E-state index contributed by atoms with van der Waals surface area (Å²) in [5, 5.41) is 3.94. The lowest BCUT2D eigenvalue weighted by Crippen LogP contribution is -2.39. The number of piperidine rings is 1. The molecular weight excluding hydrogens is 383 g/mol. The first-order valence-electron chi connectivity index (χ1n) is 10.2. The molecule has 7 nitrogen and oxygen atoms in total. The van der Waals surface area contributed by atoms with Crippen LogP contribution in [0.15, 0.2) is 35.5 Å². The quantitative estimate of drug-likeness (QED) is 0.553. The third kappa shape index (κ3) is 3.08. The van der Waals surface area contributed by atoms with Crippen LogP contribution in [0.2, 0.25) is 0 Å². The molecule has 1 aliphatic heterocycles. The van der Waals surface area contributed by atoms with E-state index in [1.165, 1.54) is 6.07 Å². The zero-order valence-corrected chi connectivity index (χ0v) is 17.2. The molecule has 5 heterocycles. The largest absolute Gasteiger partial charge is 0.314 e. The Morgan fingerprint density at radius 2 is 2.03 bits per heavy atom. The maximum Gasteiger partial charge on any atom is 0.262 e. The van der Waals surface area contributed by atoms with E-state index in [1.807, 2.05) is 23.8 Å². The molecule has 0 amide bonds. The van der Waals surface area contributed by atoms with E-state index in [2.05, 4.69) is 27.2 Å². The minimum Gasteiger partial charge on any atom is -0.314 e. The Kier molecular flexibility index (Phi) is 4.39. The van der Waals surface area contributed by atoms with E-state index in [-0.39, 0.29) is 17.2 Å². The molecule has 0 saturated carbocycles. The number of halogens is 1. The number of hydrogen-bond donors (Lipinski definition) is 1. The van der Waals surface area contributed by atoms with Gasteiger partial charge in [-0.15, -0.1) is 0 Å². The van der Waals surface area contributed by atoms with Gasteiger partial charge in [-0.3, -0.25) is 4.79 Å². The van der Waals surface area contributed by atoms with Crippen molar-refractivity contribution in [3.63, 3.8) is 0 Å². The molecule has 0 bridgehead atoms. The molecule has 1 saturated heterocycles. The highest BCUT2D eigenvalue weighted by Gasteiger charge is 2.22. The van der Waals surface area contributed by atoms with Crippen LogP contribution in [-0.2, 0) is 0 Å². The van der Waals surface area contributed by atoms with Crippen LogP contribution >= 0.6 is 0 Å². The van der Waals surface area contributed by atoms with Crippen LogP contribution in [-0.4, -0.2) is 36.5 Å². The Morgan fingerprint density at radius 1 is 1.20 bits per heavy atom. The molecule has 0 aromatic carbocycles. The number of rotatable bonds is 2. The molecular formula is C22H23FN6O. The maximum atomic E-state index is 14.5. The number of nitrogens with one attached hydrogen (secondary N) is 1. The lowest BCUT2D eigenvalue weighted by atomic mass is 10.00. The van der Waals surface area contributed by atoms with Gasteiger partial charge in [0.05, 0.1) is 22.3 Å². The van der Waals surface area contributed by atoms with E-state index in [0.29, 0.717) is 34.0 Å². The molecule has 1 N–H and O–H groups in total. The second-order valence-electron chi connectivity index (χ2n) is 8.14. The Hall–Kier alpha value is -3.13. The highest BCUT2D eigenvalue weighted by atomic mass is 19.1. The van der Waals surface area contributed by atoms with Gasteiger partial charge in [0.25, 0.3) is 5.56 Å². The van der Waals surface area contributed by atoms with Gasteiger partial charge in [0, 0.05) is 36.2 Å². The van der Waals surface area contributed by atoms with E-state index in [0.717, 1.165) is 25.1 Å². The minimum absolute atomic E-state index is 0.0671. The van der Waals surface area contributed by atoms with Crippen LogP contribution in [0.5, 0.6) is 0 Å². The summed E-state index contributed by atoms with van der Waals surface area (Å²) in [4.78, 5) is 26.5. The minimum atomic E-state index is -0.433. The average molecular weight is 406 g/mol. The fourth-order valence-electron chi connectivity index (χ4n) is 4.40. The van der Waals surface area contributed by atoms with Gasteiger partial charge in [-0.05, 0) is 52.3 Å². The zero-order valence-electron chi connectivity index (χ0n) is 17.2. The van der Waals surface area contributed by atoms with Crippen molar-refractivity contribution in [2.24, 2.45) is 0 Å². The van der Waals surface area contributed by atoms with Crippen molar-refractivity contribution in [1.29, 1.82) is 0 Å². The summed E-state index contributed by atoms with van der Waals surface area (Å²) in [6.45, 7) is 6.65. The highest BCUT2D eigenvalue weighted by molar-refractivity contribution is 5.81. The fourth-order valence-corrected chi connectivity index (χ4v) is 4.40. The van der Waals surface area contributed by atoms with E-state index in [4.69, 9.17) is 0 Å². The van der Waals surface area contributed by atoms with Gasteiger partial charge in [-0.1, -0.05) is 0 Å². The number of imidazole rings is 1. The molecule has 0 radical (unpaired) electrons. The molecule has 154 valence electrons. The SMILES string of the molecule is Cc1cn2cc(-c3nc(C)c4c(=O)n([C@H]5CCN[C@@H](C)C5)ccc4n3)cc(F)c2n1. The number of aromatic nitrogens is 5. The Balaban J connectivity index is 1.63. The summed E-state index contributed by atoms with van der Waals surface area (Å²) in [7, 11) is 0.